The maximum atomic E-state index is 3.55. The lowest BCUT2D eigenvalue weighted by Gasteiger charge is -2.23. The molecule has 0 unspecified atom stereocenters. The Bertz CT molecular complexity index is 501. The highest BCUT2D eigenvalue weighted by molar-refractivity contribution is 7.99. The topological polar surface area (TPSA) is 15.3 Å². The summed E-state index contributed by atoms with van der Waals surface area (Å²) in [5.74, 6) is 1.17. The fourth-order valence-electron chi connectivity index (χ4n) is 2.35. The van der Waals surface area contributed by atoms with Crippen LogP contribution in [0.4, 0.5) is 5.69 Å². The Kier molecular flexibility index (Phi) is 7.92. The molecule has 2 nitrogen and oxygen atoms in total. The van der Waals surface area contributed by atoms with Crippen LogP contribution in [0.3, 0.4) is 0 Å². The van der Waals surface area contributed by atoms with Gasteiger partial charge in [0.1, 0.15) is 0 Å². The van der Waals surface area contributed by atoms with Gasteiger partial charge in [-0.25, -0.2) is 0 Å². The van der Waals surface area contributed by atoms with Crippen molar-refractivity contribution in [2.75, 3.05) is 36.8 Å². The molecule has 0 radical (unpaired) electrons. The fourth-order valence-corrected chi connectivity index (χ4v) is 3.23. The summed E-state index contributed by atoms with van der Waals surface area (Å²) in [4.78, 5) is 3.77. The average molecular weight is 314 g/mol. The van der Waals surface area contributed by atoms with Crippen LogP contribution >= 0.6 is 11.8 Å². The van der Waals surface area contributed by atoms with Crippen molar-refractivity contribution in [3.8, 4) is 0 Å². The zero-order valence-corrected chi connectivity index (χ0v) is 14.2. The summed E-state index contributed by atoms with van der Waals surface area (Å²) in [6, 6.07) is 21.3. The molecule has 2 aromatic carbocycles. The van der Waals surface area contributed by atoms with Crippen LogP contribution in [-0.2, 0) is 0 Å². The Morgan fingerprint density at radius 3 is 2.27 bits per heavy atom. The summed E-state index contributed by atoms with van der Waals surface area (Å²) in [5, 5.41) is 3.55. The zero-order chi connectivity index (χ0) is 15.5. The van der Waals surface area contributed by atoms with E-state index in [0.717, 1.165) is 26.2 Å². The van der Waals surface area contributed by atoms with Gasteiger partial charge in [0.25, 0.3) is 0 Å². The summed E-state index contributed by atoms with van der Waals surface area (Å²) in [6.45, 7) is 6.45. The first-order chi connectivity index (χ1) is 10.9. The second kappa shape index (κ2) is 10.3. The standard InChI is InChI=1S/C19H26N2S/c1-2-21(18-10-5-3-6-11-18)16-15-20-14-9-17-22-19-12-7-4-8-13-19/h3-8,10-13,20H,2,9,14-17H2,1H3. The largest absolute Gasteiger partial charge is 0.371 e. The van der Waals surface area contributed by atoms with Crippen molar-refractivity contribution >= 4 is 17.4 Å². The Morgan fingerprint density at radius 1 is 0.909 bits per heavy atom. The smallest absolute Gasteiger partial charge is 0.0366 e. The van der Waals surface area contributed by atoms with Gasteiger partial charge in [0.2, 0.25) is 0 Å². The monoisotopic (exact) mass is 314 g/mol. The van der Waals surface area contributed by atoms with Crippen molar-refractivity contribution in [2.24, 2.45) is 0 Å². The lowest BCUT2D eigenvalue weighted by atomic mass is 10.3. The number of nitrogens with one attached hydrogen (secondary N) is 1. The number of hydrogen-bond donors (Lipinski definition) is 1. The minimum absolute atomic E-state index is 1.04. The molecule has 0 aliphatic carbocycles. The van der Waals surface area contributed by atoms with E-state index in [2.05, 4.69) is 77.8 Å². The predicted molar refractivity (Wildman–Crippen MR) is 99.0 cm³/mol. The maximum Gasteiger partial charge on any atom is 0.0366 e. The molecule has 0 saturated carbocycles. The average Bonchev–Trinajstić information content (AvgIpc) is 2.59. The van der Waals surface area contributed by atoms with E-state index in [1.54, 1.807) is 0 Å². The lowest BCUT2D eigenvalue weighted by Crippen LogP contribution is -2.32. The number of para-hydroxylation sites is 1. The maximum absolute atomic E-state index is 3.55. The highest BCUT2D eigenvalue weighted by Crippen LogP contribution is 2.17. The minimum Gasteiger partial charge on any atom is -0.371 e. The Labute approximate surface area is 138 Å². The summed E-state index contributed by atoms with van der Waals surface area (Å²) >= 11 is 1.94. The SMILES string of the molecule is CCN(CCNCCCSc1ccccc1)c1ccccc1. The lowest BCUT2D eigenvalue weighted by molar-refractivity contribution is 0.657. The summed E-state index contributed by atoms with van der Waals surface area (Å²) in [7, 11) is 0. The summed E-state index contributed by atoms with van der Waals surface area (Å²) in [6.07, 6.45) is 1.21. The van der Waals surface area contributed by atoms with Crippen LogP contribution in [-0.4, -0.2) is 31.9 Å². The molecular weight excluding hydrogens is 288 g/mol. The molecule has 0 saturated heterocycles. The molecular formula is C19H26N2S. The summed E-state index contributed by atoms with van der Waals surface area (Å²) < 4.78 is 0. The third-order valence-corrected chi connectivity index (χ3v) is 4.67. The van der Waals surface area contributed by atoms with Crippen LogP contribution in [0.2, 0.25) is 0 Å². The van der Waals surface area contributed by atoms with Gasteiger partial charge >= 0.3 is 0 Å². The molecule has 118 valence electrons. The third kappa shape index (κ3) is 6.12. The number of rotatable bonds is 10. The van der Waals surface area contributed by atoms with Gasteiger partial charge in [-0.1, -0.05) is 36.4 Å². The fraction of sp³-hybridized carbons (Fsp3) is 0.368. The Balaban J connectivity index is 1.55. The van der Waals surface area contributed by atoms with Gasteiger partial charge in [-0.3, -0.25) is 0 Å². The number of thioether (sulfide) groups is 1. The van der Waals surface area contributed by atoms with Crippen molar-refractivity contribution < 1.29 is 0 Å². The number of benzene rings is 2. The molecule has 2 rings (SSSR count). The quantitative estimate of drug-likeness (QED) is 0.520. The molecule has 0 atom stereocenters. The van der Waals surface area contributed by atoms with E-state index in [0.29, 0.717) is 0 Å². The van der Waals surface area contributed by atoms with Crippen molar-refractivity contribution in [1.29, 1.82) is 0 Å². The first kappa shape index (κ1) is 16.9. The molecule has 1 N–H and O–H groups in total. The molecule has 22 heavy (non-hydrogen) atoms. The number of nitrogens with zero attached hydrogens (tertiary/aromatic N) is 1. The van der Waals surface area contributed by atoms with E-state index < -0.39 is 0 Å². The first-order valence-electron chi connectivity index (χ1n) is 8.08. The van der Waals surface area contributed by atoms with Crippen molar-refractivity contribution in [3.63, 3.8) is 0 Å². The van der Waals surface area contributed by atoms with Crippen LogP contribution in [0.25, 0.3) is 0 Å². The summed E-state index contributed by atoms with van der Waals surface area (Å²) in [5.41, 5.74) is 1.31. The van der Waals surface area contributed by atoms with Crippen LogP contribution in [0.5, 0.6) is 0 Å². The van der Waals surface area contributed by atoms with Gasteiger partial charge in [-0.05, 0) is 49.9 Å². The highest BCUT2D eigenvalue weighted by Gasteiger charge is 2.02. The molecule has 0 aliphatic rings. The van der Waals surface area contributed by atoms with Gasteiger partial charge in [-0.2, -0.15) is 0 Å². The van der Waals surface area contributed by atoms with Crippen LogP contribution in [0, 0.1) is 0 Å². The van der Waals surface area contributed by atoms with E-state index in [4.69, 9.17) is 0 Å². The van der Waals surface area contributed by atoms with Crippen LogP contribution in [0.1, 0.15) is 13.3 Å². The molecule has 3 heteroatoms. The van der Waals surface area contributed by atoms with Crippen LogP contribution < -0.4 is 10.2 Å². The van der Waals surface area contributed by atoms with E-state index in [-0.39, 0.29) is 0 Å². The molecule has 0 aliphatic heterocycles. The number of anilines is 1. The number of hydrogen-bond acceptors (Lipinski definition) is 3. The van der Waals surface area contributed by atoms with E-state index in [1.165, 1.54) is 22.8 Å². The van der Waals surface area contributed by atoms with Gasteiger partial charge in [-0.15, -0.1) is 11.8 Å². The molecule has 2 aromatic rings. The normalized spacial score (nSPS) is 10.6. The van der Waals surface area contributed by atoms with Crippen molar-refractivity contribution in [3.05, 3.63) is 60.7 Å². The van der Waals surface area contributed by atoms with E-state index >= 15 is 0 Å². The predicted octanol–water partition coefficient (Wildman–Crippen LogP) is 4.28. The molecule has 0 aromatic heterocycles. The van der Waals surface area contributed by atoms with Crippen molar-refractivity contribution in [1.82, 2.24) is 5.32 Å². The first-order valence-corrected chi connectivity index (χ1v) is 9.07. The zero-order valence-electron chi connectivity index (χ0n) is 13.4. The van der Waals surface area contributed by atoms with Gasteiger partial charge in [0.05, 0.1) is 0 Å². The van der Waals surface area contributed by atoms with Crippen LogP contribution in [0.15, 0.2) is 65.6 Å². The van der Waals surface area contributed by atoms with E-state index in [1.807, 2.05) is 11.8 Å². The second-order valence-corrected chi connectivity index (χ2v) is 6.35. The third-order valence-electron chi connectivity index (χ3n) is 3.57. The molecule has 0 heterocycles. The minimum atomic E-state index is 1.04. The molecule has 0 bridgehead atoms. The number of likely N-dealkylation sites (N-methyl/N-ethyl adjacent to an activating group) is 1. The Morgan fingerprint density at radius 2 is 1.59 bits per heavy atom. The molecule has 0 spiro atoms. The molecule has 0 fully saturated rings. The molecule has 0 amide bonds. The highest BCUT2D eigenvalue weighted by atomic mass is 32.2. The second-order valence-electron chi connectivity index (χ2n) is 5.18. The van der Waals surface area contributed by atoms with Gasteiger partial charge in [0.15, 0.2) is 0 Å². The van der Waals surface area contributed by atoms with Crippen molar-refractivity contribution in [2.45, 2.75) is 18.2 Å². The Hall–Kier alpha value is -1.45. The van der Waals surface area contributed by atoms with Gasteiger partial charge < -0.3 is 10.2 Å². The van der Waals surface area contributed by atoms with Gasteiger partial charge in [0, 0.05) is 30.2 Å². The van der Waals surface area contributed by atoms with E-state index in [9.17, 15) is 0 Å².